The number of allylic oxidation sites excluding steroid dienone is 4. The second kappa shape index (κ2) is 2.36. The summed E-state index contributed by atoms with van der Waals surface area (Å²) in [5.74, 6) is 0. The van der Waals surface area contributed by atoms with Gasteiger partial charge in [-0.25, -0.2) is 0 Å². The van der Waals surface area contributed by atoms with E-state index in [-0.39, 0.29) is 0 Å². The molecule has 1 nitrogen and oxygen atoms in total. The van der Waals surface area contributed by atoms with Crippen LogP contribution >= 0.6 is 0 Å². The van der Waals surface area contributed by atoms with Crippen molar-refractivity contribution in [2.45, 2.75) is 6.92 Å². The molecular formula is C7H9N. The molecule has 1 heteroatoms. The van der Waals surface area contributed by atoms with Gasteiger partial charge in [0.2, 0.25) is 0 Å². The minimum atomic E-state index is 1.25. The molecule has 0 atom stereocenters. The number of nitrogens with one attached hydrogen (secondary N) is 1. The average Bonchev–Trinajstić information content (AvgIpc) is 1.94. The van der Waals surface area contributed by atoms with Crippen molar-refractivity contribution in [1.29, 1.82) is 0 Å². The van der Waals surface area contributed by atoms with Crippen molar-refractivity contribution in [2.24, 2.45) is 0 Å². The van der Waals surface area contributed by atoms with Crippen molar-refractivity contribution >= 4 is 0 Å². The molecular weight excluding hydrogens is 98.1 g/mol. The van der Waals surface area contributed by atoms with Crippen LogP contribution < -0.4 is 5.32 Å². The highest BCUT2D eigenvalue weighted by Crippen LogP contribution is 1.94. The SMILES string of the molecule is CC1=CNC=CC=C1. The molecule has 42 valence electrons. The minimum Gasteiger partial charge on any atom is -0.367 e. The third-order valence-electron chi connectivity index (χ3n) is 0.974. The van der Waals surface area contributed by atoms with E-state index in [1.807, 2.05) is 24.6 Å². The second-order valence-corrected chi connectivity index (χ2v) is 1.77. The summed E-state index contributed by atoms with van der Waals surface area (Å²) in [5.41, 5.74) is 1.25. The van der Waals surface area contributed by atoms with Gasteiger partial charge in [0.05, 0.1) is 0 Å². The third-order valence-corrected chi connectivity index (χ3v) is 0.974. The molecule has 1 heterocycles. The molecule has 0 saturated heterocycles. The summed E-state index contributed by atoms with van der Waals surface area (Å²) in [7, 11) is 0. The van der Waals surface area contributed by atoms with Crippen LogP contribution in [-0.4, -0.2) is 0 Å². The second-order valence-electron chi connectivity index (χ2n) is 1.77. The van der Waals surface area contributed by atoms with Gasteiger partial charge in [-0.05, 0) is 18.6 Å². The van der Waals surface area contributed by atoms with E-state index >= 15 is 0 Å². The van der Waals surface area contributed by atoms with E-state index in [1.54, 1.807) is 0 Å². The van der Waals surface area contributed by atoms with Crippen molar-refractivity contribution in [3.8, 4) is 0 Å². The molecule has 0 spiro atoms. The monoisotopic (exact) mass is 107 g/mol. The fourth-order valence-corrected chi connectivity index (χ4v) is 0.546. The Morgan fingerprint density at radius 3 is 3.12 bits per heavy atom. The summed E-state index contributed by atoms with van der Waals surface area (Å²) < 4.78 is 0. The number of hydrogen-bond donors (Lipinski definition) is 1. The molecule has 0 aromatic rings. The van der Waals surface area contributed by atoms with Gasteiger partial charge in [-0.2, -0.15) is 0 Å². The maximum Gasteiger partial charge on any atom is 0.00339 e. The lowest BCUT2D eigenvalue weighted by Crippen LogP contribution is -1.90. The molecule has 0 saturated carbocycles. The van der Waals surface area contributed by atoms with Gasteiger partial charge in [0.15, 0.2) is 0 Å². The molecule has 1 aliphatic rings. The van der Waals surface area contributed by atoms with Gasteiger partial charge in [0, 0.05) is 12.4 Å². The van der Waals surface area contributed by atoms with E-state index in [0.29, 0.717) is 0 Å². The Kier molecular flexibility index (Phi) is 1.52. The van der Waals surface area contributed by atoms with Gasteiger partial charge in [-0.1, -0.05) is 12.2 Å². The van der Waals surface area contributed by atoms with Crippen LogP contribution in [0.25, 0.3) is 0 Å². The van der Waals surface area contributed by atoms with Gasteiger partial charge < -0.3 is 5.32 Å². The summed E-state index contributed by atoms with van der Waals surface area (Å²) in [5, 5.41) is 2.99. The van der Waals surface area contributed by atoms with Crippen LogP contribution in [0.1, 0.15) is 6.92 Å². The molecule has 0 aliphatic carbocycles. The predicted molar refractivity (Wildman–Crippen MR) is 35.2 cm³/mol. The van der Waals surface area contributed by atoms with Gasteiger partial charge in [-0.3, -0.25) is 0 Å². The third kappa shape index (κ3) is 1.26. The summed E-state index contributed by atoms with van der Waals surface area (Å²) >= 11 is 0. The highest BCUT2D eigenvalue weighted by molar-refractivity contribution is 5.22. The van der Waals surface area contributed by atoms with Gasteiger partial charge in [-0.15, -0.1) is 0 Å². The Morgan fingerprint density at radius 1 is 1.38 bits per heavy atom. The van der Waals surface area contributed by atoms with Crippen LogP contribution in [0.4, 0.5) is 0 Å². The topological polar surface area (TPSA) is 12.0 Å². The smallest absolute Gasteiger partial charge is 0.00339 e. The standard InChI is InChI=1S/C7H9N/c1-7-4-2-3-5-8-6-7/h2-6,8H,1H3. The van der Waals surface area contributed by atoms with Crippen molar-refractivity contribution in [1.82, 2.24) is 5.32 Å². The Hall–Kier alpha value is -0.980. The first kappa shape index (κ1) is 5.16. The first-order valence-electron chi connectivity index (χ1n) is 2.65. The number of hydrogen-bond acceptors (Lipinski definition) is 1. The van der Waals surface area contributed by atoms with Crippen LogP contribution in [0.5, 0.6) is 0 Å². The Labute approximate surface area is 49.4 Å². The normalized spacial score (nSPS) is 16.9. The quantitative estimate of drug-likeness (QED) is 0.495. The fraction of sp³-hybridized carbons (Fsp3) is 0.143. The van der Waals surface area contributed by atoms with Crippen molar-refractivity contribution < 1.29 is 0 Å². The summed E-state index contributed by atoms with van der Waals surface area (Å²) in [6.07, 6.45) is 9.88. The lowest BCUT2D eigenvalue weighted by molar-refractivity contribution is 1.18. The molecule has 0 bridgehead atoms. The van der Waals surface area contributed by atoms with E-state index in [9.17, 15) is 0 Å². The van der Waals surface area contributed by atoms with E-state index < -0.39 is 0 Å². The molecule has 0 radical (unpaired) electrons. The maximum atomic E-state index is 2.99. The van der Waals surface area contributed by atoms with Crippen LogP contribution in [0, 0.1) is 0 Å². The van der Waals surface area contributed by atoms with Crippen LogP contribution in [0.15, 0.2) is 36.2 Å². The van der Waals surface area contributed by atoms with Crippen molar-refractivity contribution in [2.75, 3.05) is 0 Å². The fourth-order valence-electron chi connectivity index (χ4n) is 0.546. The average molecular weight is 107 g/mol. The summed E-state index contributed by atoms with van der Waals surface area (Å²) in [6, 6.07) is 0. The van der Waals surface area contributed by atoms with Gasteiger partial charge in [0.1, 0.15) is 0 Å². The molecule has 8 heavy (non-hydrogen) atoms. The molecule has 0 aromatic heterocycles. The van der Waals surface area contributed by atoms with E-state index in [2.05, 4.69) is 18.3 Å². The van der Waals surface area contributed by atoms with Crippen LogP contribution in [0.2, 0.25) is 0 Å². The Morgan fingerprint density at radius 2 is 2.25 bits per heavy atom. The van der Waals surface area contributed by atoms with Gasteiger partial charge >= 0.3 is 0 Å². The lowest BCUT2D eigenvalue weighted by atomic mass is 10.3. The minimum absolute atomic E-state index is 1.25. The number of rotatable bonds is 0. The summed E-state index contributed by atoms with van der Waals surface area (Å²) in [4.78, 5) is 0. The lowest BCUT2D eigenvalue weighted by Gasteiger charge is -1.86. The molecule has 0 fully saturated rings. The highest BCUT2D eigenvalue weighted by Gasteiger charge is 1.79. The molecule has 1 aliphatic heterocycles. The van der Waals surface area contributed by atoms with Crippen LogP contribution in [0.3, 0.4) is 0 Å². The Balaban J connectivity index is 2.69. The Bertz CT molecular complexity index is 149. The van der Waals surface area contributed by atoms with E-state index in [1.165, 1.54) is 5.57 Å². The largest absolute Gasteiger partial charge is 0.367 e. The molecule has 1 rings (SSSR count). The zero-order valence-corrected chi connectivity index (χ0v) is 4.89. The molecule has 0 aromatic carbocycles. The maximum absolute atomic E-state index is 2.99. The van der Waals surface area contributed by atoms with Crippen molar-refractivity contribution in [3.05, 3.63) is 36.2 Å². The zero-order chi connectivity index (χ0) is 5.82. The zero-order valence-electron chi connectivity index (χ0n) is 4.89. The first-order chi connectivity index (χ1) is 3.89. The molecule has 1 N–H and O–H groups in total. The summed E-state index contributed by atoms with van der Waals surface area (Å²) in [6.45, 7) is 2.05. The molecule has 0 unspecified atom stereocenters. The molecule has 0 amide bonds. The highest BCUT2D eigenvalue weighted by atomic mass is 14.8. The predicted octanol–water partition coefficient (Wildman–Crippen LogP) is 1.56. The first-order valence-corrected chi connectivity index (χ1v) is 2.65. The van der Waals surface area contributed by atoms with Crippen molar-refractivity contribution in [3.63, 3.8) is 0 Å². The van der Waals surface area contributed by atoms with E-state index in [4.69, 9.17) is 0 Å². The van der Waals surface area contributed by atoms with Crippen LogP contribution in [-0.2, 0) is 0 Å². The van der Waals surface area contributed by atoms with E-state index in [0.717, 1.165) is 0 Å². The van der Waals surface area contributed by atoms with Gasteiger partial charge in [0.25, 0.3) is 0 Å².